The van der Waals surface area contributed by atoms with Crippen molar-refractivity contribution in [2.75, 3.05) is 13.1 Å². The molecule has 3 heterocycles. The molecule has 0 bridgehead atoms. The van der Waals surface area contributed by atoms with E-state index in [9.17, 15) is 0 Å². The van der Waals surface area contributed by atoms with Crippen molar-refractivity contribution in [3.63, 3.8) is 0 Å². The van der Waals surface area contributed by atoms with Crippen molar-refractivity contribution in [2.45, 2.75) is 52.0 Å². The highest BCUT2D eigenvalue weighted by Crippen LogP contribution is 2.33. The van der Waals surface area contributed by atoms with Crippen LogP contribution in [0.1, 0.15) is 58.1 Å². The number of rotatable bonds is 5. The number of fused-ring (bicyclic) bond motifs is 1. The molecule has 4 heteroatoms. The molecule has 2 aliphatic rings. The molecule has 0 N–H and O–H groups in total. The summed E-state index contributed by atoms with van der Waals surface area (Å²) in [6.45, 7) is 11.5. The molecule has 1 atom stereocenters. The Hall–Kier alpha value is -1.78. The number of thiazole rings is 1. The first-order chi connectivity index (χ1) is 12.6. The lowest BCUT2D eigenvalue weighted by atomic mass is 9.90. The van der Waals surface area contributed by atoms with Crippen LogP contribution in [-0.2, 0) is 19.4 Å². The highest BCUT2D eigenvalue weighted by atomic mass is 32.1. The fourth-order valence-corrected chi connectivity index (χ4v) is 5.25. The summed E-state index contributed by atoms with van der Waals surface area (Å²) in [4.78, 5) is 13.5. The number of hydrogen-bond acceptors (Lipinski definition) is 4. The number of hydrogen-bond donors (Lipinski definition) is 0. The molecule has 3 nitrogen and oxygen atoms in total. The average Bonchev–Trinajstić information content (AvgIpc) is 3.23. The second-order valence-electron chi connectivity index (χ2n) is 7.75. The molecule has 0 amide bonds. The molecule has 0 spiro atoms. The van der Waals surface area contributed by atoms with Gasteiger partial charge >= 0.3 is 0 Å². The number of likely N-dealkylation sites (tertiary alicyclic amines) is 1. The van der Waals surface area contributed by atoms with Gasteiger partial charge in [-0.15, -0.1) is 11.3 Å². The first kappa shape index (κ1) is 17.6. The number of aromatic nitrogens is 2. The van der Waals surface area contributed by atoms with E-state index in [2.05, 4.69) is 54.7 Å². The van der Waals surface area contributed by atoms with Crippen LogP contribution >= 0.6 is 11.3 Å². The van der Waals surface area contributed by atoms with Gasteiger partial charge in [0.1, 0.15) is 0 Å². The Bertz CT molecular complexity index is 849. The molecule has 26 heavy (non-hydrogen) atoms. The van der Waals surface area contributed by atoms with Crippen molar-refractivity contribution in [3.8, 4) is 0 Å². The SMILES string of the molecule is C=C(C)Cc1ncc(CN2CCCC(c3nc(C)cc4c3CC=C4)C2)s1. The van der Waals surface area contributed by atoms with Gasteiger partial charge in [-0.1, -0.05) is 24.3 Å². The third kappa shape index (κ3) is 3.81. The van der Waals surface area contributed by atoms with Gasteiger partial charge in [-0.05, 0) is 56.8 Å². The van der Waals surface area contributed by atoms with Crippen LogP contribution in [0.3, 0.4) is 0 Å². The molecule has 2 aromatic heterocycles. The summed E-state index contributed by atoms with van der Waals surface area (Å²) >= 11 is 1.84. The van der Waals surface area contributed by atoms with Gasteiger partial charge in [-0.2, -0.15) is 0 Å². The van der Waals surface area contributed by atoms with Gasteiger partial charge in [0.15, 0.2) is 0 Å². The van der Waals surface area contributed by atoms with Crippen molar-refractivity contribution in [1.29, 1.82) is 0 Å². The van der Waals surface area contributed by atoms with E-state index in [1.807, 2.05) is 11.3 Å². The lowest BCUT2D eigenvalue weighted by Crippen LogP contribution is -2.34. The maximum atomic E-state index is 4.96. The molecular weight excluding hydrogens is 338 g/mol. The van der Waals surface area contributed by atoms with Crippen LogP contribution in [0.4, 0.5) is 0 Å². The van der Waals surface area contributed by atoms with Crippen molar-refractivity contribution in [2.24, 2.45) is 0 Å². The normalized spacial score (nSPS) is 19.7. The van der Waals surface area contributed by atoms with E-state index in [0.717, 1.165) is 31.6 Å². The minimum absolute atomic E-state index is 0.556. The molecule has 0 radical (unpaired) electrons. The van der Waals surface area contributed by atoms with E-state index in [4.69, 9.17) is 4.98 Å². The van der Waals surface area contributed by atoms with Gasteiger partial charge in [-0.25, -0.2) is 4.98 Å². The van der Waals surface area contributed by atoms with Crippen LogP contribution in [0.5, 0.6) is 0 Å². The van der Waals surface area contributed by atoms with E-state index < -0.39 is 0 Å². The molecule has 1 fully saturated rings. The topological polar surface area (TPSA) is 29.0 Å². The van der Waals surface area contributed by atoms with Crippen LogP contribution in [-0.4, -0.2) is 28.0 Å². The Kier molecular flexibility index (Phi) is 5.05. The standard InChI is InChI=1S/C22H27N3S/c1-15(2)10-21-23-12-19(26-21)14-25-9-5-7-18(13-25)22-20-8-4-6-17(20)11-16(3)24-22/h4,6,11-12,18H,1,5,7-10,13-14H2,2-3H3. The Balaban J connectivity index is 1.47. The minimum Gasteiger partial charge on any atom is -0.298 e. The van der Waals surface area contributed by atoms with Gasteiger partial charge in [0, 0.05) is 47.9 Å². The molecule has 136 valence electrons. The van der Waals surface area contributed by atoms with Crippen LogP contribution in [0.15, 0.2) is 30.5 Å². The first-order valence-electron chi connectivity index (χ1n) is 9.56. The summed E-state index contributed by atoms with van der Waals surface area (Å²) in [6.07, 6.45) is 11.0. The predicted molar refractivity (Wildman–Crippen MR) is 110 cm³/mol. The van der Waals surface area contributed by atoms with Gasteiger partial charge in [-0.3, -0.25) is 9.88 Å². The summed E-state index contributed by atoms with van der Waals surface area (Å²) < 4.78 is 0. The predicted octanol–water partition coefficient (Wildman–Crippen LogP) is 4.91. The summed E-state index contributed by atoms with van der Waals surface area (Å²) in [5, 5.41) is 1.19. The average molecular weight is 366 g/mol. The molecule has 1 aliphatic carbocycles. The fraction of sp³-hybridized carbons (Fsp3) is 0.455. The van der Waals surface area contributed by atoms with Gasteiger partial charge < -0.3 is 0 Å². The summed E-state index contributed by atoms with van der Waals surface area (Å²) in [5.74, 6) is 0.556. The van der Waals surface area contributed by atoms with E-state index >= 15 is 0 Å². The Morgan fingerprint density at radius 1 is 1.42 bits per heavy atom. The number of allylic oxidation sites excluding steroid dienone is 2. The summed E-state index contributed by atoms with van der Waals surface area (Å²) in [7, 11) is 0. The quantitative estimate of drug-likeness (QED) is 0.705. The molecular formula is C22H27N3S. The molecule has 0 saturated carbocycles. The monoisotopic (exact) mass is 365 g/mol. The van der Waals surface area contributed by atoms with Gasteiger partial charge in [0.25, 0.3) is 0 Å². The van der Waals surface area contributed by atoms with Crippen LogP contribution in [0.25, 0.3) is 6.08 Å². The second-order valence-corrected chi connectivity index (χ2v) is 8.95. The lowest BCUT2D eigenvalue weighted by molar-refractivity contribution is 0.199. The fourth-order valence-electron chi connectivity index (χ4n) is 4.17. The zero-order valence-corrected chi connectivity index (χ0v) is 16.6. The third-order valence-corrected chi connectivity index (χ3v) is 6.25. The zero-order chi connectivity index (χ0) is 18.1. The number of pyridine rings is 1. The van der Waals surface area contributed by atoms with Gasteiger partial charge in [0.2, 0.25) is 0 Å². The largest absolute Gasteiger partial charge is 0.298 e. The Morgan fingerprint density at radius 2 is 2.31 bits per heavy atom. The van der Waals surface area contributed by atoms with Crippen molar-refractivity contribution in [3.05, 3.63) is 62.9 Å². The van der Waals surface area contributed by atoms with Crippen molar-refractivity contribution >= 4 is 17.4 Å². The maximum absolute atomic E-state index is 4.96. The zero-order valence-electron chi connectivity index (χ0n) is 15.8. The second kappa shape index (κ2) is 7.45. The molecule has 0 aromatic carbocycles. The molecule has 4 rings (SSSR count). The molecule has 1 aliphatic heterocycles. The van der Waals surface area contributed by atoms with Crippen LogP contribution in [0.2, 0.25) is 0 Å². The Morgan fingerprint density at radius 3 is 3.15 bits per heavy atom. The summed E-state index contributed by atoms with van der Waals surface area (Å²) in [6, 6.07) is 2.23. The highest BCUT2D eigenvalue weighted by Gasteiger charge is 2.26. The Labute approximate surface area is 160 Å². The van der Waals surface area contributed by atoms with Crippen molar-refractivity contribution in [1.82, 2.24) is 14.9 Å². The van der Waals surface area contributed by atoms with E-state index in [1.54, 1.807) is 0 Å². The van der Waals surface area contributed by atoms with Crippen LogP contribution in [0, 0.1) is 6.92 Å². The van der Waals surface area contributed by atoms with Crippen molar-refractivity contribution < 1.29 is 0 Å². The smallest absolute Gasteiger partial charge is 0.0968 e. The lowest BCUT2D eigenvalue weighted by Gasteiger charge is -2.33. The molecule has 1 unspecified atom stereocenters. The molecule has 2 aromatic rings. The number of nitrogens with zero attached hydrogens (tertiary/aromatic N) is 3. The summed E-state index contributed by atoms with van der Waals surface area (Å²) in [5.41, 5.74) is 6.52. The van der Waals surface area contributed by atoms with E-state index in [1.165, 1.54) is 51.7 Å². The number of aryl methyl sites for hydroxylation is 1. The van der Waals surface area contributed by atoms with Gasteiger partial charge in [0.05, 0.1) is 5.01 Å². The maximum Gasteiger partial charge on any atom is 0.0968 e. The van der Waals surface area contributed by atoms with E-state index in [0.29, 0.717) is 5.92 Å². The minimum atomic E-state index is 0.556. The van der Waals surface area contributed by atoms with E-state index in [-0.39, 0.29) is 0 Å². The number of piperidine rings is 1. The van der Waals surface area contributed by atoms with Crippen LogP contribution < -0.4 is 0 Å². The molecule has 1 saturated heterocycles. The third-order valence-electron chi connectivity index (χ3n) is 5.26. The highest BCUT2D eigenvalue weighted by molar-refractivity contribution is 7.11. The first-order valence-corrected chi connectivity index (χ1v) is 10.4.